The molecule has 4 nitrogen and oxygen atoms in total. The van der Waals surface area contributed by atoms with Crippen LogP contribution in [0.4, 0.5) is 0 Å². The zero-order valence-electron chi connectivity index (χ0n) is 30.4. The van der Waals surface area contributed by atoms with Gasteiger partial charge in [0.1, 0.15) is 0 Å². The standard InChI is InChI=1S/C41H76O4/c1-4-6-8-10-12-14-16-18-20-22-24-26-28-30-35-44-40(42)38-34-32-33-37(3)39(38)41(43)45-36-31-29-27-25-23-21-19-17-15-13-11-9-7-5-2/h32-33,37-39H,4-31,34-36H2,1-3H3. The van der Waals surface area contributed by atoms with Gasteiger partial charge in [-0.05, 0) is 25.2 Å². The van der Waals surface area contributed by atoms with Crippen LogP contribution in [0.3, 0.4) is 0 Å². The van der Waals surface area contributed by atoms with Gasteiger partial charge in [-0.1, -0.05) is 200 Å². The second kappa shape index (κ2) is 31.3. The van der Waals surface area contributed by atoms with Gasteiger partial charge in [-0.2, -0.15) is 0 Å². The molecular weight excluding hydrogens is 556 g/mol. The Balaban J connectivity index is 2.05. The molecular formula is C41H76O4. The summed E-state index contributed by atoms with van der Waals surface area (Å²) in [5.74, 6) is -1.29. The van der Waals surface area contributed by atoms with E-state index in [4.69, 9.17) is 9.47 Å². The van der Waals surface area contributed by atoms with Crippen LogP contribution in [0.2, 0.25) is 0 Å². The van der Waals surface area contributed by atoms with E-state index < -0.39 is 11.8 Å². The second-order valence-corrected chi connectivity index (χ2v) is 14.2. The third-order valence-electron chi connectivity index (χ3n) is 9.89. The number of carbonyl (C=O) groups is 2. The first-order valence-electron chi connectivity index (χ1n) is 20.1. The molecule has 4 heteroatoms. The molecule has 264 valence electrons. The molecule has 1 rings (SSSR count). The van der Waals surface area contributed by atoms with Gasteiger partial charge in [0, 0.05) is 0 Å². The highest BCUT2D eigenvalue weighted by Crippen LogP contribution is 2.32. The molecule has 0 aromatic heterocycles. The minimum atomic E-state index is -0.425. The number of ether oxygens (including phenoxy) is 2. The molecule has 0 spiro atoms. The van der Waals surface area contributed by atoms with Gasteiger partial charge in [0.15, 0.2) is 0 Å². The predicted octanol–water partition coefficient (Wildman–Crippen LogP) is 12.9. The maximum Gasteiger partial charge on any atom is 0.310 e. The van der Waals surface area contributed by atoms with E-state index in [1.165, 1.54) is 154 Å². The Morgan fingerprint density at radius 2 is 0.800 bits per heavy atom. The van der Waals surface area contributed by atoms with E-state index in [2.05, 4.69) is 19.9 Å². The molecule has 0 aromatic rings. The normalized spacial score (nSPS) is 17.9. The van der Waals surface area contributed by atoms with Crippen molar-refractivity contribution in [3.63, 3.8) is 0 Å². The van der Waals surface area contributed by atoms with Gasteiger partial charge < -0.3 is 9.47 Å². The highest BCUT2D eigenvalue weighted by Gasteiger charge is 2.40. The molecule has 0 amide bonds. The lowest BCUT2D eigenvalue weighted by atomic mass is 9.76. The van der Waals surface area contributed by atoms with Crippen LogP contribution in [0, 0.1) is 17.8 Å². The summed E-state index contributed by atoms with van der Waals surface area (Å²) in [5.41, 5.74) is 0. The van der Waals surface area contributed by atoms with Crippen LogP contribution in [0.15, 0.2) is 12.2 Å². The third-order valence-corrected chi connectivity index (χ3v) is 9.89. The number of carbonyl (C=O) groups excluding carboxylic acids is 2. The van der Waals surface area contributed by atoms with Crippen molar-refractivity contribution in [1.29, 1.82) is 0 Å². The second-order valence-electron chi connectivity index (χ2n) is 14.2. The lowest BCUT2D eigenvalue weighted by molar-refractivity contribution is -0.162. The van der Waals surface area contributed by atoms with Gasteiger partial charge in [-0.15, -0.1) is 0 Å². The van der Waals surface area contributed by atoms with Crippen molar-refractivity contribution in [2.24, 2.45) is 17.8 Å². The minimum Gasteiger partial charge on any atom is -0.465 e. The van der Waals surface area contributed by atoms with Gasteiger partial charge in [0.05, 0.1) is 25.0 Å². The largest absolute Gasteiger partial charge is 0.465 e. The molecule has 0 aromatic carbocycles. The topological polar surface area (TPSA) is 52.6 Å². The van der Waals surface area contributed by atoms with Crippen LogP contribution >= 0.6 is 0 Å². The quantitative estimate of drug-likeness (QED) is 0.0420. The number of unbranched alkanes of at least 4 members (excludes halogenated alkanes) is 26. The van der Waals surface area contributed by atoms with E-state index in [0.29, 0.717) is 19.6 Å². The predicted molar refractivity (Wildman–Crippen MR) is 192 cm³/mol. The van der Waals surface area contributed by atoms with E-state index in [-0.39, 0.29) is 17.9 Å². The zero-order chi connectivity index (χ0) is 32.6. The Morgan fingerprint density at radius 3 is 1.16 bits per heavy atom. The Labute approximate surface area is 280 Å². The Kier molecular flexibility index (Phi) is 29.0. The molecule has 0 radical (unpaired) electrons. The van der Waals surface area contributed by atoms with Gasteiger partial charge >= 0.3 is 11.9 Å². The Bertz CT molecular complexity index is 702. The molecule has 0 bridgehead atoms. The molecule has 45 heavy (non-hydrogen) atoms. The molecule has 1 aliphatic carbocycles. The average Bonchev–Trinajstić information content (AvgIpc) is 3.04. The minimum absolute atomic E-state index is 0.00111. The summed E-state index contributed by atoms with van der Waals surface area (Å²) in [4.78, 5) is 25.9. The molecule has 3 unspecified atom stereocenters. The third kappa shape index (κ3) is 23.6. The number of hydrogen-bond donors (Lipinski definition) is 0. The number of rotatable bonds is 32. The number of esters is 2. The van der Waals surface area contributed by atoms with Crippen molar-refractivity contribution in [2.45, 2.75) is 207 Å². The lowest BCUT2D eigenvalue weighted by Gasteiger charge is -2.30. The lowest BCUT2D eigenvalue weighted by Crippen LogP contribution is -2.38. The summed E-state index contributed by atoms with van der Waals surface area (Å²) < 4.78 is 11.4. The fourth-order valence-corrected chi connectivity index (χ4v) is 6.84. The summed E-state index contributed by atoms with van der Waals surface area (Å²) >= 11 is 0. The summed E-state index contributed by atoms with van der Waals surface area (Å²) in [5, 5.41) is 0. The first kappa shape index (κ1) is 41.7. The molecule has 0 saturated heterocycles. The van der Waals surface area contributed by atoms with Crippen molar-refractivity contribution in [3.05, 3.63) is 12.2 Å². The average molecular weight is 633 g/mol. The summed E-state index contributed by atoms with van der Waals surface area (Å²) in [7, 11) is 0. The van der Waals surface area contributed by atoms with E-state index in [1.54, 1.807) is 0 Å². The monoisotopic (exact) mass is 633 g/mol. The summed E-state index contributed by atoms with van der Waals surface area (Å²) in [6.45, 7) is 7.50. The van der Waals surface area contributed by atoms with Crippen LogP contribution in [0.25, 0.3) is 0 Å². The van der Waals surface area contributed by atoms with E-state index >= 15 is 0 Å². The van der Waals surface area contributed by atoms with Gasteiger partial charge in [0.25, 0.3) is 0 Å². The van der Waals surface area contributed by atoms with Crippen molar-refractivity contribution in [1.82, 2.24) is 0 Å². The van der Waals surface area contributed by atoms with Crippen molar-refractivity contribution in [3.8, 4) is 0 Å². The smallest absolute Gasteiger partial charge is 0.310 e. The highest BCUT2D eigenvalue weighted by molar-refractivity contribution is 5.83. The molecule has 0 fully saturated rings. The molecule has 0 aliphatic heterocycles. The summed E-state index contributed by atoms with van der Waals surface area (Å²) in [6.07, 6.45) is 41.3. The zero-order valence-corrected chi connectivity index (χ0v) is 30.4. The van der Waals surface area contributed by atoms with Crippen LogP contribution in [0.5, 0.6) is 0 Å². The molecule has 0 heterocycles. The fraction of sp³-hybridized carbons (Fsp3) is 0.902. The van der Waals surface area contributed by atoms with Gasteiger partial charge in [-0.3, -0.25) is 9.59 Å². The Morgan fingerprint density at radius 1 is 0.489 bits per heavy atom. The van der Waals surface area contributed by atoms with E-state index in [9.17, 15) is 9.59 Å². The number of hydrogen-bond acceptors (Lipinski definition) is 4. The van der Waals surface area contributed by atoms with Crippen molar-refractivity contribution in [2.75, 3.05) is 13.2 Å². The molecule has 0 N–H and O–H groups in total. The van der Waals surface area contributed by atoms with Gasteiger partial charge in [0.2, 0.25) is 0 Å². The SMILES string of the molecule is CCCCCCCCCCCCCCCCOC(=O)C1CC=CC(C)C1C(=O)OCCCCCCCCCCCCCCCC. The Hall–Kier alpha value is -1.32. The van der Waals surface area contributed by atoms with Crippen molar-refractivity contribution < 1.29 is 19.1 Å². The fourth-order valence-electron chi connectivity index (χ4n) is 6.84. The first-order valence-corrected chi connectivity index (χ1v) is 20.1. The molecule has 1 aliphatic rings. The molecule has 0 saturated carbocycles. The van der Waals surface area contributed by atoms with E-state index in [0.717, 1.165) is 25.7 Å². The maximum atomic E-state index is 13.0. The highest BCUT2D eigenvalue weighted by atomic mass is 16.5. The number of allylic oxidation sites excluding steroid dienone is 2. The van der Waals surface area contributed by atoms with Crippen molar-refractivity contribution >= 4 is 11.9 Å². The van der Waals surface area contributed by atoms with Crippen LogP contribution < -0.4 is 0 Å². The molecule has 3 atom stereocenters. The first-order chi connectivity index (χ1) is 22.1. The van der Waals surface area contributed by atoms with Crippen LogP contribution in [-0.2, 0) is 19.1 Å². The van der Waals surface area contributed by atoms with E-state index in [1.807, 2.05) is 13.0 Å². The van der Waals surface area contributed by atoms with Crippen LogP contribution in [-0.4, -0.2) is 25.2 Å². The van der Waals surface area contributed by atoms with Gasteiger partial charge in [-0.25, -0.2) is 0 Å². The maximum absolute atomic E-state index is 13.0. The summed E-state index contributed by atoms with van der Waals surface area (Å²) in [6, 6.07) is 0. The van der Waals surface area contributed by atoms with Crippen LogP contribution in [0.1, 0.15) is 207 Å².